The molecule has 1 unspecified atom stereocenters. The number of sulfonamides is 1. The molecule has 0 radical (unpaired) electrons. The van der Waals surface area contributed by atoms with Gasteiger partial charge in [-0.25, -0.2) is 13.4 Å². The van der Waals surface area contributed by atoms with E-state index in [1.54, 1.807) is 42.6 Å². The fourth-order valence-electron chi connectivity index (χ4n) is 2.49. The largest absolute Gasteiger partial charge is 0.473 e. The van der Waals surface area contributed by atoms with E-state index >= 15 is 0 Å². The van der Waals surface area contributed by atoms with Crippen molar-refractivity contribution in [3.8, 4) is 5.88 Å². The van der Waals surface area contributed by atoms with Gasteiger partial charge in [0.2, 0.25) is 15.9 Å². The van der Waals surface area contributed by atoms with Crippen LogP contribution in [0.1, 0.15) is 16.8 Å². The molecule has 3 rings (SSSR count). The highest BCUT2D eigenvalue weighted by molar-refractivity contribution is 7.99. The number of carbonyl (C=O) groups is 1. The highest BCUT2D eigenvalue weighted by Crippen LogP contribution is 2.25. The lowest BCUT2D eigenvalue weighted by Crippen LogP contribution is -2.20. The standard InChI is InChI=1S/C17H19N3O4S2/c1-26(22,23)20-13-5-2-4-12(10-13)19-16(21)15-6-3-8-18-17(15)24-14-7-9-25-11-14/h2-6,8,10,14,20H,7,9,11H2,1H3,(H,19,21). The summed E-state index contributed by atoms with van der Waals surface area (Å²) in [6.45, 7) is 0. The molecule has 26 heavy (non-hydrogen) atoms. The third-order valence-corrected chi connectivity index (χ3v) is 5.34. The van der Waals surface area contributed by atoms with E-state index in [4.69, 9.17) is 4.74 Å². The van der Waals surface area contributed by atoms with Crippen molar-refractivity contribution in [1.29, 1.82) is 0 Å². The SMILES string of the molecule is CS(=O)(=O)Nc1cccc(NC(=O)c2cccnc2OC2CCSC2)c1. The molecule has 1 aliphatic heterocycles. The Kier molecular flexibility index (Phi) is 5.67. The molecule has 1 aliphatic rings. The van der Waals surface area contributed by atoms with E-state index in [-0.39, 0.29) is 12.0 Å². The number of ether oxygens (including phenoxy) is 1. The molecule has 1 aromatic heterocycles. The number of anilines is 2. The van der Waals surface area contributed by atoms with Gasteiger partial charge in [0.15, 0.2) is 0 Å². The molecule has 1 saturated heterocycles. The first kappa shape index (κ1) is 18.5. The summed E-state index contributed by atoms with van der Waals surface area (Å²) < 4.78 is 30.9. The number of rotatable bonds is 6. The topological polar surface area (TPSA) is 97.4 Å². The fraction of sp³-hybridized carbons (Fsp3) is 0.294. The molecule has 7 nitrogen and oxygen atoms in total. The Bertz CT molecular complexity index is 896. The van der Waals surface area contributed by atoms with E-state index in [1.807, 2.05) is 11.8 Å². The summed E-state index contributed by atoms with van der Waals surface area (Å²) in [7, 11) is -3.39. The zero-order valence-corrected chi connectivity index (χ0v) is 15.8. The quantitative estimate of drug-likeness (QED) is 0.783. The molecule has 1 atom stereocenters. The minimum absolute atomic E-state index is 0.0590. The second-order valence-electron chi connectivity index (χ2n) is 5.87. The molecular formula is C17H19N3O4S2. The summed E-state index contributed by atoms with van der Waals surface area (Å²) >= 11 is 1.81. The van der Waals surface area contributed by atoms with Gasteiger partial charge in [-0.15, -0.1) is 0 Å². The lowest BCUT2D eigenvalue weighted by molar-refractivity contribution is 0.101. The van der Waals surface area contributed by atoms with Crippen LogP contribution in [0.4, 0.5) is 11.4 Å². The maximum absolute atomic E-state index is 12.6. The van der Waals surface area contributed by atoms with Gasteiger partial charge in [0.05, 0.1) is 11.9 Å². The number of hydrogen-bond acceptors (Lipinski definition) is 6. The average Bonchev–Trinajstić information content (AvgIpc) is 3.07. The smallest absolute Gasteiger partial charge is 0.261 e. The van der Waals surface area contributed by atoms with Crippen LogP contribution in [0.5, 0.6) is 5.88 Å². The van der Waals surface area contributed by atoms with Crippen molar-refractivity contribution in [3.63, 3.8) is 0 Å². The molecular weight excluding hydrogens is 374 g/mol. The van der Waals surface area contributed by atoms with Gasteiger partial charge >= 0.3 is 0 Å². The lowest BCUT2D eigenvalue weighted by Gasteiger charge is -2.15. The van der Waals surface area contributed by atoms with Gasteiger partial charge in [0, 0.05) is 17.6 Å². The number of nitrogens with zero attached hydrogens (tertiary/aromatic N) is 1. The molecule has 0 aliphatic carbocycles. The van der Waals surface area contributed by atoms with Crippen LogP contribution in [0, 0.1) is 0 Å². The van der Waals surface area contributed by atoms with E-state index in [0.717, 1.165) is 24.2 Å². The molecule has 2 N–H and O–H groups in total. The normalized spacial score (nSPS) is 16.9. The van der Waals surface area contributed by atoms with Crippen LogP contribution >= 0.6 is 11.8 Å². The zero-order valence-electron chi connectivity index (χ0n) is 14.1. The van der Waals surface area contributed by atoms with Gasteiger partial charge < -0.3 is 10.1 Å². The molecule has 1 amide bonds. The van der Waals surface area contributed by atoms with Crippen molar-refractivity contribution in [3.05, 3.63) is 48.2 Å². The van der Waals surface area contributed by atoms with Crippen LogP contribution in [-0.2, 0) is 10.0 Å². The van der Waals surface area contributed by atoms with Crippen molar-refractivity contribution in [2.24, 2.45) is 0 Å². The minimum atomic E-state index is -3.39. The van der Waals surface area contributed by atoms with Crippen molar-refractivity contribution in [2.75, 3.05) is 27.8 Å². The molecule has 0 bridgehead atoms. The second kappa shape index (κ2) is 7.96. The first-order chi connectivity index (χ1) is 12.4. The van der Waals surface area contributed by atoms with Crippen molar-refractivity contribution >= 4 is 39.1 Å². The second-order valence-corrected chi connectivity index (χ2v) is 8.77. The van der Waals surface area contributed by atoms with Crippen LogP contribution in [0.2, 0.25) is 0 Å². The van der Waals surface area contributed by atoms with E-state index in [9.17, 15) is 13.2 Å². The van der Waals surface area contributed by atoms with Gasteiger partial charge in [-0.05, 0) is 42.5 Å². The van der Waals surface area contributed by atoms with Gasteiger partial charge in [-0.2, -0.15) is 11.8 Å². The summed E-state index contributed by atoms with van der Waals surface area (Å²) in [5.74, 6) is 1.87. The average molecular weight is 393 g/mol. The number of carbonyl (C=O) groups excluding carboxylic acids is 1. The molecule has 1 aromatic carbocycles. The Morgan fingerprint density at radius 2 is 2.08 bits per heavy atom. The summed E-state index contributed by atoms with van der Waals surface area (Å²) in [6, 6.07) is 9.80. The number of aromatic nitrogens is 1. The lowest BCUT2D eigenvalue weighted by atomic mass is 10.2. The monoisotopic (exact) mass is 393 g/mol. The fourth-order valence-corrected chi connectivity index (χ4v) is 4.14. The van der Waals surface area contributed by atoms with Gasteiger partial charge in [-0.3, -0.25) is 9.52 Å². The number of hydrogen-bond donors (Lipinski definition) is 2. The zero-order chi connectivity index (χ0) is 18.6. The molecule has 0 saturated carbocycles. The first-order valence-electron chi connectivity index (χ1n) is 7.99. The Morgan fingerprint density at radius 3 is 2.81 bits per heavy atom. The molecule has 0 spiro atoms. The van der Waals surface area contributed by atoms with Crippen molar-refractivity contribution in [1.82, 2.24) is 4.98 Å². The van der Waals surface area contributed by atoms with Gasteiger partial charge in [-0.1, -0.05) is 6.07 Å². The van der Waals surface area contributed by atoms with Crippen molar-refractivity contribution < 1.29 is 17.9 Å². The number of amides is 1. The molecule has 2 aromatic rings. The van der Waals surface area contributed by atoms with Crippen LogP contribution in [0.25, 0.3) is 0 Å². The van der Waals surface area contributed by atoms with E-state index in [0.29, 0.717) is 22.8 Å². The Labute approximate surface area is 156 Å². The predicted octanol–water partition coefficient (Wildman–Crippen LogP) is 2.59. The maximum Gasteiger partial charge on any atom is 0.261 e. The number of nitrogens with one attached hydrogen (secondary N) is 2. The third-order valence-electron chi connectivity index (χ3n) is 3.61. The highest BCUT2D eigenvalue weighted by Gasteiger charge is 2.21. The van der Waals surface area contributed by atoms with Crippen LogP contribution in [0.15, 0.2) is 42.6 Å². The van der Waals surface area contributed by atoms with Crippen LogP contribution in [-0.4, -0.2) is 43.2 Å². The summed E-state index contributed by atoms with van der Waals surface area (Å²) in [4.78, 5) is 16.8. The van der Waals surface area contributed by atoms with Gasteiger partial charge in [0.25, 0.3) is 5.91 Å². The highest BCUT2D eigenvalue weighted by atomic mass is 32.2. The van der Waals surface area contributed by atoms with E-state index < -0.39 is 10.0 Å². The van der Waals surface area contributed by atoms with E-state index in [2.05, 4.69) is 15.0 Å². The number of thioether (sulfide) groups is 1. The molecule has 9 heteroatoms. The Morgan fingerprint density at radius 1 is 1.27 bits per heavy atom. The first-order valence-corrected chi connectivity index (χ1v) is 11.0. The van der Waals surface area contributed by atoms with Crippen LogP contribution < -0.4 is 14.8 Å². The Hall–Kier alpha value is -2.26. The number of pyridine rings is 1. The molecule has 1 fully saturated rings. The summed E-state index contributed by atoms with van der Waals surface area (Å²) in [5, 5.41) is 2.75. The molecule has 138 valence electrons. The van der Waals surface area contributed by atoms with Crippen LogP contribution in [0.3, 0.4) is 0 Å². The maximum atomic E-state index is 12.6. The van der Waals surface area contributed by atoms with E-state index in [1.165, 1.54) is 0 Å². The number of benzene rings is 1. The predicted molar refractivity (Wildman–Crippen MR) is 103 cm³/mol. The van der Waals surface area contributed by atoms with Crippen molar-refractivity contribution in [2.45, 2.75) is 12.5 Å². The third kappa shape index (κ3) is 5.12. The summed E-state index contributed by atoms with van der Waals surface area (Å²) in [5.41, 5.74) is 1.18. The molecule has 2 heterocycles. The van der Waals surface area contributed by atoms with Gasteiger partial charge in [0.1, 0.15) is 11.7 Å². The Balaban J connectivity index is 1.75. The summed E-state index contributed by atoms with van der Waals surface area (Å²) in [6.07, 6.45) is 3.65. The minimum Gasteiger partial charge on any atom is -0.473 e.